The summed E-state index contributed by atoms with van der Waals surface area (Å²) in [6.07, 6.45) is 1.89. The van der Waals surface area contributed by atoms with Crippen LogP contribution in [0.5, 0.6) is 0 Å². The Kier molecular flexibility index (Phi) is 4.69. The molecule has 0 spiro atoms. The molecule has 1 N–H and O–H groups in total. The zero-order chi connectivity index (χ0) is 13.7. The van der Waals surface area contributed by atoms with Gasteiger partial charge in [0.05, 0.1) is 6.10 Å². The fourth-order valence-electron chi connectivity index (χ4n) is 2.27. The van der Waals surface area contributed by atoms with Crippen molar-refractivity contribution in [3.05, 3.63) is 71.0 Å². The Hall–Kier alpha value is -1.67. The molecule has 0 bridgehead atoms. The van der Waals surface area contributed by atoms with Gasteiger partial charge in [-0.2, -0.15) is 0 Å². The van der Waals surface area contributed by atoms with E-state index in [0.717, 1.165) is 18.4 Å². The molecule has 2 aromatic carbocycles. The first-order valence-electron chi connectivity index (χ1n) is 6.64. The van der Waals surface area contributed by atoms with E-state index >= 15 is 0 Å². The van der Waals surface area contributed by atoms with E-state index in [2.05, 4.69) is 12.1 Å². The van der Waals surface area contributed by atoms with E-state index in [9.17, 15) is 9.50 Å². The molecule has 0 aliphatic rings. The van der Waals surface area contributed by atoms with Crippen LogP contribution in [0.25, 0.3) is 0 Å². The zero-order valence-corrected chi connectivity index (χ0v) is 11.1. The normalized spacial score (nSPS) is 12.4. The van der Waals surface area contributed by atoms with Crippen LogP contribution in [0, 0.1) is 12.7 Å². The highest BCUT2D eigenvalue weighted by Crippen LogP contribution is 2.21. The second kappa shape index (κ2) is 6.48. The quantitative estimate of drug-likeness (QED) is 0.852. The molecule has 0 saturated heterocycles. The summed E-state index contributed by atoms with van der Waals surface area (Å²) in [6, 6.07) is 14.9. The molecule has 0 amide bonds. The van der Waals surface area contributed by atoms with Crippen LogP contribution in [-0.2, 0) is 6.42 Å². The first-order valence-corrected chi connectivity index (χ1v) is 6.64. The van der Waals surface area contributed by atoms with Crippen molar-refractivity contribution in [3.8, 4) is 0 Å². The van der Waals surface area contributed by atoms with Gasteiger partial charge in [0.2, 0.25) is 0 Å². The molecular formula is C17H19FO. The number of hydrogen-bond acceptors (Lipinski definition) is 1. The van der Waals surface area contributed by atoms with E-state index in [1.165, 1.54) is 17.7 Å². The highest BCUT2D eigenvalue weighted by atomic mass is 19.1. The molecule has 0 saturated carbocycles. The van der Waals surface area contributed by atoms with E-state index in [1.807, 2.05) is 31.2 Å². The Morgan fingerprint density at radius 2 is 1.84 bits per heavy atom. The maximum absolute atomic E-state index is 13.3. The summed E-state index contributed by atoms with van der Waals surface area (Å²) in [5.74, 6) is -0.280. The van der Waals surface area contributed by atoms with Crippen LogP contribution >= 0.6 is 0 Å². The van der Waals surface area contributed by atoms with E-state index in [0.29, 0.717) is 12.0 Å². The van der Waals surface area contributed by atoms with Gasteiger partial charge in [-0.25, -0.2) is 4.39 Å². The molecule has 100 valence electrons. The zero-order valence-electron chi connectivity index (χ0n) is 11.1. The minimum Gasteiger partial charge on any atom is -0.388 e. The molecule has 2 aromatic rings. The minimum atomic E-state index is -0.585. The third kappa shape index (κ3) is 4.18. The van der Waals surface area contributed by atoms with Gasteiger partial charge in [-0.15, -0.1) is 0 Å². The number of rotatable bonds is 5. The molecule has 0 aliphatic heterocycles. The molecule has 0 heterocycles. The summed E-state index contributed by atoms with van der Waals surface area (Å²) >= 11 is 0. The topological polar surface area (TPSA) is 20.2 Å². The largest absolute Gasteiger partial charge is 0.388 e. The lowest BCUT2D eigenvalue weighted by atomic mass is 10.00. The molecule has 2 rings (SSSR count). The highest BCUT2D eigenvalue weighted by Gasteiger charge is 2.09. The maximum atomic E-state index is 13.3. The fraction of sp³-hybridized carbons (Fsp3) is 0.294. The van der Waals surface area contributed by atoms with Crippen LogP contribution < -0.4 is 0 Å². The summed E-state index contributed by atoms with van der Waals surface area (Å²) < 4.78 is 13.3. The van der Waals surface area contributed by atoms with Crippen LogP contribution in [0.1, 0.15) is 35.6 Å². The summed E-state index contributed by atoms with van der Waals surface area (Å²) in [5, 5.41) is 10.1. The molecule has 0 aromatic heterocycles. The van der Waals surface area contributed by atoms with E-state index in [1.54, 1.807) is 0 Å². The molecule has 0 radical (unpaired) electrons. The van der Waals surface area contributed by atoms with Gasteiger partial charge in [0.15, 0.2) is 0 Å². The van der Waals surface area contributed by atoms with Crippen molar-refractivity contribution in [3.63, 3.8) is 0 Å². The Morgan fingerprint density at radius 1 is 1.11 bits per heavy atom. The van der Waals surface area contributed by atoms with Gasteiger partial charge in [0.1, 0.15) is 5.82 Å². The number of hydrogen-bond donors (Lipinski definition) is 1. The van der Waals surface area contributed by atoms with E-state index in [-0.39, 0.29) is 5.82 Å². The van der Waals surface area contributed by atoms with Crippen molar-refractivity contribution in [1.82, 2.24) is 0 Å². The van der Waals surface area contributed by atoms with Gasteiger partial charge < -0.3 is 5.11 Å². The summed E-state index contributed by atoms with van der Waals surface area (Å²) in [6.45, 7) is 1.84. The number of halogens is 1. The van der Waals surface area contributed by atoms with Crippen molar-refractivity contribution in [1.29, 1.82) is 0 Å². The van der Waals surface area contributed by atoms with Gasteiger partial charge in [-0.05, 0) is 55.0 Å². The predicted molar refractivity (Wildman–Crippen MR) is 75.5 cm³/mol. The molecule has 1 unspecified atom stereocenters. The first kappa shape index (κ1) is 13.8. The Labute approximate surface area is 113 Å². The molecule has 0 fully saturated rings. The number of aliphatic hydroxyl groups is 1. The molecule has 19 heavy (non-hydrogen) atoms. The smallest absolute Gasteiger partial charge is 0.123 e. The van der Waals surface area contributed by atoms with Crippen molar-refractivity contribution in [2.75, 3.05) is 0 Å². The molecule has 2 heteroatoms. The minimum absolute atomic E-state index is 0.280. The standard InChI is InChI=1S/C17H19FO/c1-13-10-15(12-16(18)11-13)17(19)9-5-8-14-6-3-2-4-7-14/h2-4,6-7,10-12,17,19H,5,8-9H2,1H3. The lowest BCUT2D eigenvalue weighted by molar-refractivity contribution is 0.164. The molecule has 0 aliphatic carbocycles. The Morgan fingerprint density at radius 3 is 2.53 bits per heavy atom. The predicted octanol–water partition coefficient (Wildman–Crippen LogP) is 4.19. The van der Waals surface area contributed by atoms with Crippen molar-refractivity contribution >= 4 is 0 Å². The average molecular weight is 258 g/mol. The fourth-order valence-corrected chi connectivity index (χ4v) is 2.27. The summed E-state index contributed by atoms with van der Waals surface area (Å²) in [4.78, 5) is 0. The second-order valence-corrected chi connectivity index (χ2v) is 4.96. The van der Waals surface area contributed by atoms with Crippen LogP contribution in [0.4, 0.5) is 4.39 Å². The van der Waals surface area contributed by atoms with Crippen LogP contribution in [0.3, 0.4) is 0 Å². The number of aryl methyl sites for hydroxylation is 2. The second-order valence-electron chi connectivity index (χ2n) is 4.96. The molecular weight excluding hydrogens is 239 g/mol. The first-order chi connectivity index (χ1) is 9.15. The van der Waals surface area contributed by atoms with Crippen molar-refractivity contribution in [2.24, 2.45) is 0 Å². The van der Waals surface area contributed by atoms with Crippen LogP contribution in [-0.4, -0.2) is 5.11 Å². The SMILES string of the molecule is Cc1cc(F)cc(C(O)CCCc2ccccc2)c1. The van der Waals surface area contributed by atoms with Crippen molar-refractivity contribution in [2.45, 2.75) is 32.3 Å². The van der Waals surface area contributed by atoms with Gasteiger partial charge >= 0.3 is 0 Å². The highest BCUT2D eigenvalue weighted by molar-refractivity contribution is 5.25. The Bertz CT molecular complexity index is 502. The average Bonchev–Trinajstić information content (AvgIpc) is 2.38. The summed E-state index contributed by atoms with van der Waals surface area (Å²) in [7, 11) is 0. The third-order valence-electron chi connectivity index (χ3n) is 3.24. The van der Waals surface area contributed by atoms with Gasteiger partial charge in [-0.1, -0.05) is 36.4 Å². The third-order valence-corrected chi connectivity index (χ3v) is 3.24. The lowest BCUT2D eigenvalue weighted by Gasteiger charge is -2.12. The summed E-state index contributed by atoms with van der Waals surface area (Å²) in [5.41, 5.74) is 2.78. The van der Waals surface area contributed by atoms with Crippen LogP contribution in [0.15, 0.2) is 48.5 Å². The monoisotopic (exact) mass is 258 g/mol. The number of benzene rings is 2. The van der Waals surface area contributed by atoms with E-state index in [4.69, 9.17) is 0 Å². The molecule has 1 nitrogen and oxygen atoms in total. The van der Waals surface area contributed by atoms with Crippen LogP contribution in [0.2, 0.25) is 0 Å². The van der Waals surface area contributed by atoms with Gasteiger partial charge in [0.25, 0.3) is 0 Å². The maximum Gasteiger partial charge on any atom is 0.123 e. The van der Waals surface area contributed by atoms with E-state index < -0.39 is 6.10 Å². The van der Waals surface area contributed by atoms with Gasteiger partial charge in [-0.3, -0.25) is 0 Å². The van der Waals surface area contributed by atoms with Crippen molar-refractivity contribution < 1.29 is 9.50 Å². The van der Waals surface area contributed by atoms with Gasteiger partial charge in [0, 0.05) is 0 Å². The lowest BCUT2D eigenvalue weighted by Crippen LogP contribution is -2.00. The Balaban J connectivity index is 1.89. The molecule has 1 atom stereocenters. The number of aliphatic hydroxyl groups excluding tert-OH is 1.